The first-order valence-corrected chi connectivity index (χ1v) is 4.62. The lowest BCUT2D eigenvalue weighted by molar-refractivity contribution is 0.356. The first-order valence-electron chi connectivity index (χ1n) is 4.62. The van der Waals surface area contributed by atoms with Crippen molar-refractivity contribution in [3.63, 3.8) is 0 Å². The lowest BCUT2D eigenvalue weighted by atomic mass is 9.84. The van der Waals surface area contributed by atoms with Gasteiger partial charge in [-0.1, -0.05) is 12.2 Å². The molecule has 3 rings (SSSR count). The molecule has 0 radical (unpaired) electrons. The average molecular weight is 134 g/mol. The number of rotatable bonds is 0. The fourth-order valence-electron chi connectivity index (χ4n) is 3.53. The zero-order valence-corrected chi connectivity index (χ0v) is 6.29. The molecule has 0 aromatic carbocycles. The molecule has 0 aromatic rings. The van der Waals surface area contributed by atoms with Crippen molar-refractivity contribution in [1.29, 1.82) is 0 Å². The van der Waals surface area contributed by atoms with Crippen LogP contribution in [0.3, 0.4) is 0 Å². The molecule has 0 aliphatic heterocycles. The number of hydrogen-bond acceptors (Lipinski definition) is 0. The number of allylic oxidation sites excluding steroid dienone is 2. The molecule has 2 fully saturated rings. The quantitative estimate of drug-likeness (QED) is 0.447. The minimum Gasteiger partial charge on any atom is -0.0880 e. The average Bonchev–Trinajstić information content (AvgIpc) is 2.44. The molecule has 0 heterocycles. The summed E-state index contributed by atoms with van der Waals surface area (Å²) in [5.41, 5.74) is 0. The van der Waals surface area contributed by atoms with E-state index in [1.165, 1.54) is 12.8 Å². The van der Waals surface area contributed by atoms with Gasteiger partial charge in [-0.3, -0.25) is 0 Å². The molecule has 4 bridgehead atoms. The summed E-state index contributed by atoms with van der Waals surface area (Å²) in [5, 5.41) is 0. The monoisotopic (exact) mass is 134 g/mol. The lowest BCUT2D eigenvalue weighted by Gasteiger charge is -2.21. The van der Waals surface area contributed by atoms with Gasteiger partial charge in [-0.05, 0) is 49.4 Å². The van der Waals surface area contributed by atoms with Crippen molar-refractivity contribution in [3.8, 4) is 0 Å². The van der Waals surface area contributed by atoms with Crippen LogP contribution >= 0.6 is 0 Å². The Hall–Kier alpha value is -0.260. The molecule has 0 amide bonds. The second-order valence-electron chi connectivity index (χ2n) is 4.23. The van der Waals surface area contributed by atoms with Gasteiger partial charge < -0.3 is 0 Å². The summed E-state index contributed by atoms with van der Waals surface area (Å²) in [6.07, 6.45) is 11.0. The van der Waals surface area contributed by atoms with Gasteiger partial charge in [0.2, 0.25) is 0 Å². The summed E-state index contributed by atoms with van der Waals surface area (Å²) in [6, 6.07) is 0. The predicted molar refractivity (Wildman–Crippen MR) is 41.6 cm³/mol. The molecule has 0 aromatic heterocycles. The van der Waals surface area contributed by atoms with Gasteiger partial charge in [0.15, 0.2) is 0 Å². The Labute approximate surface area is 62.3 Å². The van der Waals surface area contributed by atoms with Crippen LogP contribution in [-0.4, -0.2) is 0 Å². The molecule has 4 unspecified atom stereocenters. The van der Waals surface area contributed by atoms with Crippen LogP contribution in [0.5, 0.6) is 0 Å². The summed E-state index contributed by atoms with van der Waals surface area (Å²) in [4.78, 5) is 0. The molecule has 3 aliphatic carbocycles. The first kappa shape index (κ1) is 5.40. The smallest absolute Gasteiger partial charge is 0.0200 e. The molecule has 0 N–H and O–H groups in total. The van der Waals surface area contributed by atoms with E-state index < -0.39 is 0 Å². The summed E-state index contributed by atoms with van der Waals surface area (Å²) in [7, 11) is 0. The lowest BCUT2D eigenvalue weighted by Crippen LogP contribution is -2.13. The highest BCUT2D eigenvalue weighted by molar-refractivity contribution is 5.10. The van der Waals surface area contributed by atoms with Crippen LogP contribution in [0.2, 0.25) is 0 Å². The van der Waals surface area contributed by atoms with E-state index in [0.717, 1.165) is 23.7 Å². The molecule has 2 saturated carbocycles. The van der Waals surface area contributed by atoms with Gasteiger partial charge in [-0.15, -0.1) is 0 Å². The fraction of sp³-hybridized carbons (Fsp3) is 0.800. The maximum atomic E-state index is 2.49. The highest BCUT2D eigenvalue weighted by Gasteiger charge is 2.47. The van der Waals surface area contributed by atoms with E-state index in [1.54, 1.807) is 12.8 Å². The Morgan fingerprint density at radius 1 is 1.10 bits per heavy atom. The van der Waals surface area contributed by atoms with Crippen molar-refractivity contribution in [3.05, 3.63) is 12.2 Å². The third kappa shape index (κ3) is 0.492. The van der Waals surface area contributed by atoms with Crippen molar-refractivity contribution in [2.45, 2.75) is 25.7 Å². The van der Waals surface area contributed by atoms with E-state index in [0.29, 0.717) is 0 Å². The zero-order valence-electron chi connectivity index (χ0n) is 6.29. The van der Waals surface area contributed by atoms with Gasteiger partial charge in [-0.25, -0.2) is 0 Å². The topological polar surface area (TPSA) is 0 Å². The summed E-state index contributed by atoms with van der Waals surface area (Å²) < 4.78 is 0. The maximum Gasteiger partial charge on any atom is -0.0200 e. The molecule has 0 spiro atoms. The van der Waals surface area contributed by atoms with Gasteiger partial charge >= 0.3 is 0 Å². The van der Waals surface area contributed by atoms with Gasteiger partial charge in [0.05, 0.1) is 0 Å². The van der Waals surface area contributed by atoms with E-state index in [1.807, 2.05) is 0 Å². The molecule has 3 aliphatic rings. The fourth-order valence-corrected chi connectivity index (χ4v) is 3.53. The van der Waals surface area contributed by atoms with Crippen LogP contribution in [0, 0.1) is 23.7 Å². The molecular weight excluding hydrogens is 120 g/mol. The van der Waals surface area contributed by atoms with Crippen molar-refractivity contribution >= 4 is 0 Å². The van der Waals surface area contributed by atoms with Crippen LogP contribution in [0.4, 0.5) is 0 Å². The van der Waals surface area contributed by atoms with E-state index in [2.05, 4.69) is 12.2 Å². The third-order valence-electron chi connectivity index (χ3n) is 3.94. The van der Waals surface area contributed by atoms with Gasteiger partial charge in [0.25, 0.3) is 0 Å². The molecular formula is C10H14. The standard InChI is InChI=1S/C10H14/c1-2-7-6-8-4-5-10(7)9(8)3-1/h1-2,7-10H,3-6H2. The summed E-state index contributed by atoms with van der Waals surface area (Å²) in [5.74, 6) is 4.38. The molecule has 0 saturated heterocycles. The summed E-state index contributed by atoms with van der Waals surface area (Å²) in [6.45, 7) is 0. The predicted octanol–water partition coefficient (Wildman–Crippen LogP) is 2.61. The van der Waals surface area contributed by atoms with E-state index in [-0.39, 0.29) is 0 Å². The Bertz CT molecular complexity index is 180. The first-order chi connectivity index (χ1) is 4.95. The Balaban J connectivity index is 2.02. The highest BCUT2D eigenvalue weighted by atomic mass is 14.5. The van der Waals surface area contributed by atoms with Crippen LogP contribution in [0.1, 0.15) is 25.7 Å². The van der Waals surface area contributed by atoms with E-state index >= 15 is 0 Å². The SMILES string of the molecule is C1=CC2CC3CCC2C3C1. The second kappa shape index (κ2) is 1.66. The minimum absolute atomic E-state index is 1.01. The Kier molecular flexibility index (Phi) is 0.898. The molecule has 10 heavy (non-hydrogen) atoms. The van der Waals surface area contributed by atoms with E-state index in [4.69, 9.17) is 0 Å². The zero-order chi connectivity index (χ0) is 6.55. The van der Waals surface area contributed by atoms with Gasteiger partial charge in [-0.2, -0.15) is 0 Å². The molecule has 4 atom stereocenters. The van der Waals surface area contributed by atoms with Crippen LogP contribution in [0.15, 0.2) is 12.2 Å². The number of hydrogen-bond donors (Lipinski definition) is 0. The Morgan fingerprint density at radius 3 is 2.90 bits per heavy atom. The normalized spacial score (nSPS) is 56.0. The maximum absolute atomic E-state index is 2.49. The van der Waals surface area contributed by atoms with Gasteiger partial charge in [0.1, 0.15) is 0 Å². The van der Waals surface area contributed by atoms with Gasteiger partial charge in [0, 0.05) is 0 Å². The van der Waals surface area contributed by atoms with Crippen molar-refractivity contribution in [2.24, 2.45) is 23.7 Å². The molecule has 0 heteroatoms. The second-order valence-corrected chi connectivity index (χ2v) is 4.23. The van der Waals surface area contributed by atoms with Crippen molar-refractivity contribution in [2.75, 3.05) is 0 Å². The van der Waals surface area contributed by atoms with Crippen LogP contribution in [0.25, 0.3) is 0 Å². The third-order valence-corrected chi connectivity index (χ3v) is 3.94. The largest absolute Gasteiger partial charge is 0.0880 e. The molecule has 0 nitrogen and oxygen atoms in total. The van der Waals surface area contributed by atoms with Crippen LogP contribution in [-0.2, 0) is 0 Å². The van der Waals surface area contributed by atoms with Crippen molar-refractivity contribution in [1.82, 2.24) is 0 Å². The van der Waals surface area contributed by atoms with Crippen LogP contribution < -0.4 is 0 Å². The summed E-state index contributed by atoms with van der Waals surface area (Å²) >= 11 is 0. The van der Waals surface area contributed by atoms with Crippen molar-refractivity contribution < 1.29 is 0 Å². The highest BCUT2D eigenvalue weighted by Crippen LogP contribution is 2.56. The molecule has 54 valence electrons. The van der Waals surface area contributed by atoms with E-state index in [9.17, 15) is 0 Å². The Morgan fingerprint density at radius 2 is 2.10 bits per heavy atom. The minimum atomic E-state index is 1.01.